The fraction of sp³-hybridized carbons (Fsp3) is 1.00. The van der Waals surface area contributed by atoms with Gasteiger partial charge >= 0.3 is 0 Å². The Morgan fingerprint density at radius 2 is 2.00 bits per heavy atom. The first kappa shape index (κ1) is 16.2. The predicted octanol–water partition coefficient (Wildman–Crippen LogP) is 2.03. The average molecular weight is 284 g/mol. The van der Waals surface area contributed by atoms with Gasteiger partial charge in [-0.3, -0.25) is 4.90 Å². The molecule has 1 aliphatic heterocycles. The summed E-state index contributed by atoms with van der Waals surface area (Å²) >= 11 is 0. The van der Waals surface area contributed by atoms with E-state index in [9.17, 15) is 0 Å². The lowest BCUT2D eigenvalue weighted by Crippen LogP contribution is -2.45. The van der Waals surface area contributed by atoms with Crippen molar-refractivity contribution < 1.29 is 9.47 Å². The second-order valence-corrected chi connectivity index (χ2v) is 6.15. The SMILES string of the molecule is CCCNC1CCC(OCC2CN(CC)CCO2)CC1. The second kappa shape index (κ2) is 8.98. The van der Waals surface area contributed by atoms with Crippen molar-refractivity contribution in [3.8, 4) is 0 Å². The zero-order valence-corrected chi connectivity index (χ0v) is 13.3. The normalized spacial score (nSPS) is 32.4. The summed E-state index contributed by atoms with van der Waals surface area (Å²) in [6.07, 6.45) is 6.88. The molecule has 1 atom stereocenters. The number of likely N-dealkylation sites (N-methyl/N-ethyl adjacent to an activating group) is 1. The lowest BCUT2D eigenvalue weighted by Gasteiger charge is -2.34. The molecule has 1 unspecified atom stereocenters. The highest BCUT2D eigenvalue weighted by molar-refractivity contribution is 4.78. The summed E-state index contributed by atoms with van der Waals surface area (Å²) in [6, 6.07) is 0.719. The molecule has 0 bridgehead atoms. The Bertz CT molecular complexity index is 255. The van der Waals surface area contributed by atoms with Crippen LogP contribution in [-0.2, 0) is 9.47 Å². The van der Waals surface area contributed by atoms with Gasteiger partial charge < -0.3 is 14.8 Å². The van der Waals surface area contributed by atoms with E-state index in [2.05, 4.69) is 24.1 Å². The van der Waals surface area contributed by atoms with Gasteiger partial charge in [-0.25, -0.2) is 0 Å². The number of hydrogen-bond acceptors (Lipinski definition) is 4. The Morgan fingerprint density at radius 1 is 1.20 bits per heavy atom. The fourth-order valence-corrected chi connectivity index (χ4v) is 3.19. The number of nitrogens with zero attached hydrogens (tertiary/aromatic N) is 1. The van der Waals surface area contributed by atoms with Crippen molar-refractivity contribution in [2.75, 3.05) is 39.4 Å². The fourth-order valence-electron chi connectivity index (χ4n) is 3.19. The molecule has 4 nitrogen and oxygen atoms in total. The molecule has 0 aromatic rings. The minimum absolute atomic E-state index is 0.277. The van der Waals surface area contributed by atoms with Crippen LogP contribution in [0.25, 0.3) is 0 Å². The van der Waals surface area contributed by atoms with Crippen molar-refractivity contribution in [1.29, 1.82) is 0 Å². The quantitative estimate of drug-likeness (QED) is 0.776. The van der Waals surface area contributed by atoms with Crippen molar-refractivity contribution in [2.24, 2.45) is 0 Å². The lowest BCUT2D eigenvalue weighted by molar-refractivity contribution is -0.0901. The molecule has 1 heterocycles. The van der Waals surface area contributed by atoms with Gasteiger partial charge in [0.05, 0.1) is 25.4 Å². The third-order valence-corrected chi connectivity index (χ3v) is 4.55. The molecule has 2 rings (SSSR count). The maximum absolute atomic E-state index is 6.09. The molecule has 0 radical (unpaired) electrons. The summed E-state index contributed by atoms with van der Waals surface area (Å²) in [4.78, 5) is 2.45. The number of rotatable bonds is 7. The van der Waals surface area contributed by atoms with E-state index in [-0.39, 0.29) is 6.10 Å². The first-order chi connectivity index (χ1) is 9.81. The second-order valence-electron chi connectivity index (χ2n) is 6.15. The Morgan fingerprint density at radius 3 is 2.70 bits per heavy atom. The van der Waals surface area contributed by atoms with Crippen LogP contribution < -0.4 is 5.32 Å². The maximum Gasteiger partial charge on any atom is 0.0935 e. The van der Waals surface area contributed by atoms with Gasteiger partial charge in [-0.05, 0) is 45.2 Å². The Labute approximate surface area is 124 Å². The van der Waals surface area contributed by atoms with Crippen LogP contribution in [0, 0.1) is 0 Å². The zero-order valence-electron chi connectivity index (χ0n) is 13.3. The standard InChI is InChI=1S/C16H32N2O2/c1-3-9-17-14-5-7-15(8-6-14)20-13-16-12-18(4-2)10-11-19-16/h14-17H,3-13H2,1-2H3. The van der Waals surface area contributed by atoms with E-state index in [0.29, 0.717) is 6.10 Å². The van der Waals surface area contributed by atoms with Crippen LogP contribution in [0.1, 0.15) is 46.0 Å². The molecular weight excluding hydrogens is 252 g/mol. The van der Waals surface area contributed by atoms with E-state index in [1.165, 1.54) is 32.1 Å². The largest absolute Gasteiger partial charge is 0.375 e. The molecule has 1 aliphatic carbocycles. The van der Waals surface area contributed by atoms with Gasteiger partial charge in [0.1, 0.15) is 0 Å². The van der Waals surface area contributed by atoms with E-state index in [1.807, 2.05) is 0 Å². The van der Waals surface area contributed by atoms with Crippen molar-refractivity contribution >= 4 is 0 Å². The van der Waals surface area contributed by atoms with Crippen LogP contribution in [0.15, 0.2) is 0 Å². The first-order valence-electron chi connectivity index (χ1n) is 8.50. The summed E-state index contributed by atoms with van der Waals surface area (Å²) in [7, 11) is 0. The van der Waals surface area contributed by atoms with Gasteiger partial charge in [0, 0.05) is 19.1 Å². The van der Waals surface area contributed by atoms with Crippen LogP contribution in [0.2, 0.25) is 0 Å². The molecule has 2 aliphatic rings. The van der Waals surface area contributed by atoms with Gasteiger partial charge in [-0.2, -0.15) is 0 Å². The van der Waals surface area contributed by atoms with Crippen LogP contribution in [-0.4, -0.2) is 62.5 Å². The van der Waals surface area contributed by atoms with E-state index < -0.39 is 0 Å². The van der Waals surface area contributed by atoms with Gasteiger partial charge in [0.25, 0.3) is 0 Å². The van der Waals surface area contributed by atoms with Crippen molar-refractivity contribution in [3.05, 3.63) is 0 Å². The third kappa shape index (κ3) is 5.32. The highest BCUT2D eigenvalue weighted by Gasteiger charge is 2.24. The lowest BCUT2D eigenvalue weighted by atomic mass is 9.93. The molecule has 0 aromatic heterocycles. The Balaban J connectivity index is 1.58. The average Bonchev–Trinajstić information content (AvgIpc) is 2.52. The minimum Gasteiger partial charge on any atom is -0.375 e. The minimum atomic E-state index is 0.277. The summed E-state index contributed by atoms with van der Waals surface area (Å²) in [5, 5.41) is 3.62. The highest BCUT2D eigenvalue weighted by Crippen LogP contribution is 2.22. The van der Waals surface area contributed by atoms with E-state index >= 15 is 0 Å². The molecule has 0 aromatic carbocycles. The summed E-state index contributed by atoms with van der Waals surface area (Å²) in [5.74, 6) is 0. The maximum atomic E-state index is 6.09. The molecule has 1 N–H and O–H groups in total. The molecule has 0 spiro atoms. The summed E-state index contributed by atoms with van der Waals surface area (Å²) < 4.78 is 11.9. The summed E-state index contributed by atoms with van der Waals surface area (Å²) in [5.41, 5.74) is 0. The van der Waals surface area contributed by atoms with Crippen molar-refractivity contribution in [1.82, 2.24) is 10.2 Å². The summed E-state index contributed by atoms with van der Waals surface area (Å²) in [6.45, 7) is 10.4. The van der Waals surface area contributed by atoms with Crippen LogP contribution in [0.4, 0.5) is 0 Å². The topological polar surface area (TPSA) is 33.7 Å². The molecular formula is C16H32N2O2. The first-order valence-corrected chi connectivity index (χ1v) is 8.50. The Kier molecular flexibility index (Phi) is 7.28. The van der Waals surface area contributed by atoms with Gasteiger partial charge in [-0.15, -0.1) is 0 Å². The zero-order chi connectivity index (χ0) is 14.2. The van der Waals surface area contributed by atoms with Crippen molar-refractivity contribution in [3.63, 3.8) is 0 Å². The van der Waals surface area contributed by atoms with E-state index in [4.69, 9.17) is 9.47 Å². The van der Waals surface area contributed by atoms with Gasteiger partial charge in [0.2, 0.25) is 0 Å². The molecule has 2 fully saturated rings. The predicted molar refractivity (Wildman–Crippen MR) is 82.1 cm³/mol. The third-order valence-electron chi connectivity index (χ3n) is 4.55. The van der Waals surface area contributed by atoms with Gasteiger partial charge in [-0.1, -0.05) is 13.8 Å². The number of morpholine rings is 1. The smallest absolute Gasteiger partial charge is 0.0935 e. The number of ether oxygens (including phenoxy) is 2. The molecule has 20 heavy (non-hydrogen) atoms. The molecule has 0 amide bonds. The van der Waals surface area contributed by atoms with E-state index in [0.717, 1.165) is 45.4 Å². The van der Waals surface area contributed by atoms with Crippen LogP contribution >= 0.6 is 0 Å². The van der Waals surface area contributed by atoms with E-state index in [1.54, 1.807) is 0 Å². The van der Waals surface area contributed by atoms with Crippen LogP contribution in [0.3, 0.4) is 0 Å². The van der Waals surface area contributed by atoms with Crippen molar-refractivity contribution in [2.45, 2.75) is 64.2 Å². The Hall–Kier alpha value is -0.160. The molecule has 4 heteroatoms. The molecule has 1 saturated carbocycles. The number of hydrogen-bond donors (Lipinski definition) is 1. The monoisotopic (exact) mass is 284 g/mol. The highest BCUT2D eigenvalue weighted by atomic mass is 16.5. The molecule has 1 saturated heterocycles. The van der Waals surface area contributed by atoms with Crippen LogP contribution in [0.5, 0.6) is 0 Å². The molecule has 118 valence electrons. The van der Waals surface area contributed by atoms with Gasteiger partial charge in [0.15, 0.2) is 0 Å². The number of nitrogens with one attached hydrogen (secondary N) is 1.